The molecule has 1 amide bonds. The van der Waals surface area contributed by atoms with Gasteiger partial charge in [0.2, 0.25) is 5.91 Å². The number of aliphatic carboxylic acids is 1. The molecule has 0 aliphatic heterocycles. The van der Waals surface area contributed by atoms with Crippen LogP contribution in [0.1, 0.15) is 20.3 Å². The van der Waals surface area contributed by atoms with Gasteiger partial charge in [0.15, 0.2) is 12.2 Å². The molecule has 6 heteroatoms. The molecule has 0 atom stereocenters. The van der Waals surface area contributed by atoms with E-state index in [1.165, 1.54) is 20.2 Å². The third-order valence-corrected chi connectivity index (χ3v) is 3.07. The number of rotatable bonds is 5. The van der Waals surface area contributed by atoms with E-state index in [4.69, 9.17) is 9.52 Å². The van der Waals surface area contributed by atoms with Crippen molar-refractivity contribution in [3.05, 3.63) is 36.9 Å². The highest BCUT2D eigenvalue weighted by Crippen LogP contribution is 2.23. The molecular formula is C15H16N2O4. The summed E-state index contributed by atoms with van der Waals surface area (Å²) < 4.78 is 5.17. The van der Waals surface area contributed by atoms with Crippen LogP contribution in [0.5, 0.6) is 0 Å². The number of amides is 1. The van der Waals surface area contributed by atoms with Crippen LogP contribution in [0.25, 0.3) is 11.3 Å². The molecule has 0 aliphatic carbocycles. The van der Waals surface area contributed by atoms with Crippen LogP contribution < -0.4 is 5.32 Å². The minimum Gasteiger partial charge on any atom is -0.481 e. The summed E-state index contributed by atoms with van der Waals surface area (Å²) in [6, 6.07) is 7.03. The second-order valence-electron chi connectivity index (χ2n) is 5.36. The molecule has 21 heavy (non-hydrogen) atoms. The molecular weight excluding hydrogens is 272 g/mol. The van der Waals surface area contributed by atoms with Crippen LogP contribution in [-0.2, 0) is 9.59 Å². The minimum atomic E-state index is -1.09. The Labute approximate surface area is 121 Å². The van der Waals surface area contributed by atoms with Gasteiger partial charge in [-0.2, -0.15) is 0 Å². The number of hydrogen-bond acceptors (Lipinski definition) is 4. The molecule has 110 valence electrons. The second-order valence-corrected chi connectivity index (χ2v) is 5.36. The molecule has 0 saturated heterocycles. The van der Waals surface area contributed by atoms with Gasteiger partial charge in [-0.25, -0.2) is 4.98 Å². The Bertz CT molecular complexity index is 630. The van der Waals surface area contributed by atoms with Crippen molar-refractivity contribution in [3.8, 4) is 11.3 Å². The Morgan fingerprint density at radius 3 is 2.48 bits per heavy atom. The first-order valence-corrected chi connectivity index (χ1v) is 6.41. The monoisotopic (exact) mass is 288 g/mol. The average Bonchev–Trinajstić information content (AvgIpc) is 2.92. The number of aromatic nitrogens is 1. The number of oxazole rings is 1. The van der Waals surface area contributed by atoms with E-state index in [1.54, 1.807) is 30.5 Å². The highest BCUT2D eigenvalue weighted by atomic mass is 16.4. The van der Waals surface area contributed by atoms with Crippen molar-refractivity contribution in [2.24, 2.45) is 5.41 Å². The number of nitrogens with one attached hydrogen (secondary N) is 1. The summed E-state index contributed by atoms with van der Waals surface area (Å²) >= 11 is 0. The van der Waals surface area contributed by atoms with Crippen molar-refractivity contribution in [2.75, 3.05) is 5.32 Å². The molecule has 0 saturated carbocycles. The Balaban J connectivity index is 2.01. The van der Waals surface area contributed by atoms with Crippen LogP contribution in [-0.4, -0.2) is 22.0 Å². The van der Waals surface area contributed by atoms with Crippen LogP contribution >= 0.6 is 0 Å². The molecule has 2 aromatic rings. The summed E-state index contributed by atoms with van der Waals surface area (Å²) in [4.78, 5) is 26.7. The molecule has 1 heterocycles. The van der Waals surface area contributed by atoms with E-state index >= 15 is 0 Å². The van der Waals surface area contributed by atoms with E-state index < -0.39 is 11.4 Å². The molecule has 0 bridgehead atoms. The summed E-state index contributed by atoms with van der Waals surface area (Å²) in [5, 5.41) is 11.7. The third-order valence-electron chi connectivity index (χ3n) is 3.07. The molecule has 1 aromatic carbocycles. The fourth-order valence-corrected chi connectivity index (χ4v) is 1.76. The lowest BCUT2D eigenvalue weighted by molar-refractivity contribution is -0.148. The van der Waals surface area contributed by atoms with E-state index in [9.17, 15) is 9.59 Å². The van der Waals surface area contributed by atoms with Gasteiger partial charge in [0, 0.05) is 17.7 Å². The number of carbonyl (C=O) groups is 2. The summed E-state index contributed by atoms with van der Waals surface area (Å²) in [7, 11) is 0. The van der Waals surface area contributed by atoms with Gasteiger partial charge in [-0.3, -0.25) is 9.59 Å². The lowest BCUT2D eigenvalue weighted by atomic mass is 9.89. The number of benzene rings is 1. The molecule has 0 spiro atoms. The van der Waals surface area contributed by atoms with Crippen molar-refractivity contribution in [3.63, 3.8) is 0 Å². The van der Waals surface area contributed by atoms with E-state index in [0.29, 0.717) is 11.4 Å². The quantitative estimate of drug-likeness (QED) is 0.882. The highest BCUT2D eigenvalue weighted by Gasteiger charge is 2.30. The van der Waals surface area contributed by atoms with Crippen molar-refractivity contribution < 1.29 is 19.1 Å². The van der Waals surface area contributed by atoms with Gasteiger partial charge in [-0.15, -0.1) is 0 Å². The molecule has 6 nitrogen and oxygen atoms in total. The molecule has 0 fully saturated rings. The largest absolute Gasteiger partial charge is 0.481 e. The number of anilines is 1. The van der Waals surface area contributed by atoms with Crippen molar-refractivity contribution in [1.82, 2.24) is 4.98 Å². The maximum atomic E-state index is 11.8. The Morgan fingerprint density at radius 2 is 1.95 bits per heavy atom. The van der Waals surface area contributed by atoms with E-state index in [1.807, 2.05) is 0 Å². The van der Waals surface area contributed by atoms with Crippen LogP contribution in [0.15, 0.2) is 41.3 Å². The predicted molar refractivity (Wildman–Crippen MR) is 76.6 cm³/mol. The first-order chi connectivity index (χ1) is 9.88. The van der Waals surface area contributed by atoms with Crippen LogP contribution in [0.2, 0.25) is 0 Å². The molecule has 0 unspecified atom stereocenters. The first-order valence-electron chi connectivity index (χ1n) is 6.41. The van der Waals surface area contributed by atoms with Crippen molar-refractivity contribution in [2.45, 2.75) is 20.3 Å². The van der Waals surface area contributed by atoms with E-state index in [-0.39, 0.29) is 12.3 Å². The normalized spacial score (nSPS) is 11.1. The number of nitrogens with zero attached hydrogens (tertiary/aromatic N) is 1. The third kappa shape index (κ3) is 3.68. The Hall–Kier alpha value is -2.63. The van der Waals surface area contributed by atoms with Gasteiger partial charge in [0.25, 0.3) is 0 Å². The summed E-state index contributed by atoms with van der Waals surface area (Å²) in [6.45, 7) is 3.03. The summed E-state index contributed by atoms with van der Waals surface area (Å²) in [5.41, 5.74) is 0.352. The SMILES string of the molecule is CC(C)(CC(=O)Nc1ccc(-c2cnco2)cc1)C(=O)O. The fraction of sp³-hybridized carbons (Fsp3) is 0.267. The van der Waals surface area contributed by atoms with Gasteiger partial charge in [0.05, 0.1) is 11.6 Å². The van der Waals surface area contributed by atoms with Crippen LogP contribution in [0.4, 0.5) is 5.69 Å². The number of carboxylic acid groups (broad SMARTS) is 1. The van der Waals surface area contributed by atoms with Gasteiger partial charge in [-0.05, 0) is 38.1 Å². The number of carbonyl (C=O) groups excluding carboxylic acids is 1. The lowest BCUT2D eigenvalue weighted by Crippen LogP contribution is -2.29. The molecule has 2 rings (SSSR count). The second kappa shape index (κ2) is 5.78. The van der Waals surface area contributed by atoms with E-state index in [0.717, 1.165) is 5.56 Å². The zero-order valence-corrected chi connectivity index (χ0v) is 11.8. The van der Waals surface area contributed by atoms with Gasteiger partial charge in [-0.1, -0.05) is 0 Å². The maximum absolute atomic E-state index is 11.8. The Morgan fingerprint density at radius 1 is 1.29 bits per heavy atom. The van der Waals surface area contributed by atoms with Crippen molar-refractivity contribution >= 4 is 17.6 Å². The number of hydrogen-bond donors (Lipinski definition) is 2. The number of carboxylic acids is 1. The standard InChI is InChI=1S/C15H16N2O4/c1-15(2,14(19)20)7-13(18)17-11-5-3-10(4-6-11)12-8-16-9-21-12/h3-6,8-9H,7H2,1-2H3,(H,17,18)(H,19,20). The van der Waals surface area contributed by atoms with Crippen LogP contribution in [0.3, 0.4) is 0 Å². The highest BCUT2D eigenvalue weighted by molar-refractivity contribution is 5.94. The van der Waals surface area contributed by atoms with E-state index in [2.05, 4.69) is 10.3 Å². The van der Waals surface area contributed by atoms with Crippen molar-refractivity contribution in [1.29, 1.82) is 0 Å². The van der Waals surface area contributed by atoms with Gasteiger partial charge < -0.3 is 14.8 Å². The summed E-state index contributed by atoms with van der Waals surface area (Å²) in [5.74, 6) is -0.701. The minimum absolute atomic E-state index is 0.0911. The molecule has 0 aliphatic rings. The lowest BCUT2D eigenvalue weighted by Gasteiger charge is -2.18. The van der Waals surface area contributed by atoms with Gasteiger partial charge in [0.1, 0.15) is 0 Å². The average molecular weight is 288 g/mol. The molecule has 1 aromatic heterocycles. The smallest absolute Gasteiger partial charge is 0.309 e. The fourth-order valence-electron chi connectivity index (χ4n) is 1.76. The maximum Gasteiger partial charge on any atom is 0.309 e. The molecule has 2 N–H and O–H groups in total. The van der Waals surface area contributed by atoms with Crippen LogP contribution in [0, 0.1) is 5.41 Å². The first kappa shape index (κ1) is 14.8. The summed E-state index contributed by atoms with van der Waals surface area (Å²) in [6.07, 6.45) is 2.86. The topological polar surface area (TPSA) is 92.4 Å². The zero-order valence-electron chi connectivity index (χ0n) is 11.8. The Kier molecular flexibility index (Phi) is 4.07. The molecule has 0 radical (unpaired) electrons. The van der Waals surface area contributed by atoms with Gasteiger partial charge >= 0.3 is 5.97 Å². The predicted octanol–water partition coefficient (Wildman–Crippen LogP) is 2.78. The zero-order chi connectivity index (χ0) is 15.5.